The predicted octanol–water partition coefficient (Wildman–Crippen LogP) is 3.33. The molecule has 1 aliphatic rings. The van der Waals surface area contributed by atoms with Crippen LogP contribution in [0.25, 0.3) is 0 Å². The minimum atomic E-state index is -0.261. The molecule has 0 aliphatic heterocycles. The standard InChI is InChI=1S/C15H23FN2O/c1-5-19-14-8-13(15(14,3)4)18-12-6-9(2)10(16)7-11(12)17/h6-7,13-14,18H,5,8,17H2,1-4H3. The Morgan fingerprint density at radius 3 is 2.74 bits per heavy atom. The molecule has 1 fully saturated rings. The third-order valence-electron chi connectivity index (χ3n) is 4.21. The number of hydrogen-bond donors (Lipinski definition) is 2. The van der Waals surface area contributed by atoms with Crippen LogP contribution >= 0.6 is 0 Å². The van der Waals surface area contributed by atoms with Gasteiger partial charge in [-0.15, -0.1) is 0 Å². The van der Waals surface area contributed by atoms with E-state index < -0.39 is 0 Å². The molecule has 2 atom stereocenters. The Morgan fingerprint density at radius 2 is 2.16 bits per heavy atom. The summed E-state index contributed by atoms with van der Waals surface area (Å²) in [5.41, 5.74) is 7.80. The van der Waals surface area contributed by atoms with Gasteiger partial charge in [0.05, 0.1) is 17.5 Å². The van der Waals surface area contributed by atoms with Crippen molar-refractivity contribution in [3.8, 4) is 0 Å². The first kappa shape index (κ1) is 14.1. The van der Waals surface area contributed by atoms with Gasteiger partial charge in [-0.25, -0.2) is 4.39 Å². The van der Waals surface area contributed by atoms with Crippen LogP contribution in [0, 0.1) is 18.2 Å². The van der Waals surface area contributed by atoms with E-state index >= 15 is 0 Å². The Kier molecular flexibility index (Phi) is 3.72. The smallest absolute Gasteiger partial charge is 0.128 e. The lowest BCUT2D eigenvalue weighted by molar-refractivity contribution is -0.0975. The topological polar surface area (TPSA) is 47.3 Å². The lowest BCUT2D eigenvalue weighted by Gasteiger charge is -2.52. The molecule has 1 aliphatic carbocycles. The van der Waals surface area contributed by atoms with Crippen LogP contribution in [0.4, 0.5) is 15.8 Å². The molecular formula is C15H23FN2O. The van der Waals surface area contributed by atoms with Crippen LogP contribution in [-0.2, 0) is 4.74 Å². The molecule has 3 N–H and O–H groups in total. The summed E-state index contributed by atoms with van der Waals surface area (Å²) in [5.74, 6) is -0.261. The van der Waals surface area contributed by atoms with E-state index in [2.05, 4.69) is 19.2 Å². The van der Waals surface area contributed by atoms with Gasteiger partial charge in [-0.1, -0.05) is 13.8 Å². The molecule has 0 saturated heterocycles. The lowest BCUT2D eigenvalue weighted by atomic mass is 9.64. The van der Waals surface area contributed by atoms with Gasteiger partial charge in [0.25, 0.3) is 0 Å². The van der Waals surface area contributed by atoms with Crippen molar-refractivity contribution >= 4 is 11.4 Å². The second kappa shape index (κ2) is 5.00. The fourth-order valence-electron chi connectivity index (χ4n) is 2.62. The zero-order chi connectivity index (χ0) is 14.2. The average Bonchev–Trinajstić information content (AvgIpc) is 2.34. The fourth-order valence-corrected chi connectivity index (χ4v) is 2.62. The molecule has 0 bridgehead atoms. The summed E-state index contributed by atoms with van der Waals surface area (Å²) in [7, 11) is 0. The maximum absolute atomic E-state index is 13.4. The van der Waals surface area contributed by atoms with Crippen molar-refractivity contribution in [2.75, 3.05) is 17.7 Å². The van der Waals surface area contributed by atoms with Crippen molar-refractivity contribution < 1.29 is 9.13 Å². The van der Waals surface area contributed by atoms with E-state index in [0.29, 0.717) is 17.3 Å². The molecule has 106 valence electrons. The monoisotopic (exact) mass is 266 g/mol. The van der Waals surface area contributed by atoms with Crippen LogP contribution in [0.2, 0.25) is 0 Å². The molecule has 2 rings (SSSR count). The number of rotatable bonds is 4. The predicted molar refractivity (Wildman–Crippen MR) is 76.8 cm³/mol. The van der Waals surface area contributed by atoms with Gasteiger partial charge in [-0.05, 0) is 38.0 Å². The normalized spacial score (nSPS) is 24.9. The largest absolute Gasteiger partial charge is 0.397 e. The zero-order valence-corrected chi connectivity index (χ0v) is 12.1. The number of ether oxygens (including phenoxy) is 1. The van der Waals surface area contributed by atoms with E-state index in [1.807, 2.05) is 6.92 Å². The van der Waals surface area contributed by atoms with Crippen LogP contribution < -0.4 is 11.1 Å². The van der Waals surface area contributed by atoms with E-state index in [1.165, 1.54) is 6.07 Å². The minimum Gasteiger partial charge on any atom is -0.397 e. The molecule has 0 heterocycles. The fraction of sp³-hybridized carbons (Fsp3) is 0.600. The zero-order valence-electron chi connectivity index (χ0n) is 12.1. The average molecular weight is 266 g/mol. The van der Waals surface area contributed by atoms with Gasteiger partial charge in [0.2, 0.25) is 0 Å². The molecule has 1 aromatic carbocycles. The highest BCUT2D eigenvalue weighted by molar-refractivity contribution is 5.68. The molecule has 0 aromatic heterocycles. The van der Waals surface area contributed by atoms with Crippen molar-refractivity contribution in [1.82, 2.24) is 0 Å². The molecule has 19 heavy (non-hydrogen) atoms. The van der Waals surface area contributed by atoms with Crippen molar-refractivity contribution in [3.63, 3.8) is 0 Å². The van der Waals surface area contributed by atoms with E-state index in [0.717, 1.165) is 18.7 Å². The molecule has 0 amide bonds. The summed E-state index contributed by atoms with van der Waals surface area (Å²) in [6, 6.07) is 3.45. The highest BCUT2D eigenvalue weighted by Crippen LogP contribution is 2.45. The van der Waals surface area contributed by atoms with Crippen LogP contribution in [0.3, 0.4) is 0 Å². The van der Waals surface area contributed by atoms with Crippen LogP contribution in [0.5, 0.6) is 0 Å². The summed E-state index contributed by atoms with van der Waals surface area (Å²) >= 11 is 0. The summed E-state index contributed by atoms with van der Waals surface area (Å²) in [6.45, 7) is 8.85. The number of hydrogen-bond acceptors (Lipinski definition) is 3. The molecule has 3 nitrogen and oxygen atoms in total. The van der Waals surface area contributed by atoms with Crippen molar-refractivity contribution in [1.29, 1.82) is 0 Å². The van der Waals surface area contributed by atoms with Gasteiger partial charge in [0.1, 0.15) is 5.82 Å². The van der Waals surface area contributed by atoms with Gasteiger partial charge in [0.15, 0.2) is 0 Å². The second-order valence-corrected chi connectivity index (χ2v) is 5.89. The molecule has 1 aromatic rings. The van der Waals surface area contributed by atoms with Gasteiger partial charge >= 0.3 is 0 Å². The van der Waals surface area contributed by atoms with Crippen LogP contribution in [-0.4, -0.2) is 18.8 Å². The molecule has 2 unspecified atom stereocenters. The van der Waals surface area contributed by atoms with E-state index in [9.17, 15) is 4.39 Å². The number of nitrogens with one attached hydrogen (secondary N) is 1. The van der Waals surface area contributed by atoms with E-state index in [1.54, 1.807) is 13.0 Å². The number of halogens is 1. The van der Waals surface area contributed by atoms with Crippen molar-refractivity contribution in [2.45, 2.75) is 46.3 Å². The quantitative estimate of drug-likeness (QED) is 0.822. The Hall–Kier alpha value is -1.29. The number of anilines is 2. The first-order valence-electron chi connectivity index (χ1n) is 6.80. The van der Waals surface area contributed by atoms with E-state index in [-0.39, 0.29) is 17.3 Å². The molecule has 4 heteroatoms. The number of nitrogens with two attached hydrogens (primary N) is 1. The summed E-state index contributed by atoms with van der Waals surface area (Å²) in [5, 5.41) is 3.42. The van der Waals surface area contributed by atoms with Crippen molar-refractivity contribution in [2.24, 2.45) is 5.41 Å². The van der Waals surface area contributed by atoms with Crippen LogP contribution in [0.15, 0.2) is 12.1 Å². The highest BCUT2D eigenvalue weighted by atomic mass is 19.1. The number of aryl methyl sites for hydroxylation is 1. The summed E-state index contributed by atoms with van der Waals surface area (Å²) in [4.78, 5) is 0. The van der Waals surface area contributed by atoms with Crippen molar-refractivity contribution in [3.05, 3.63) is 23.5 Å². The number of benzene rings is 1. The highest BCUT2D eigenvalue weighted by Gasteiger charge is 2.49. The third-order valence-corrected chi connectivity index (χ3v) is 4.21. The summed E-state index contributed by atoms with van der Waals surface area (Å²) in [6.07, 6.45) is 1.23. The second-order valence-electron chi connectivity index (χ2n) is 5.89. The van der Waals surface area contributed by atoms with Gasteiger partial charge in [-0.2, -0.15) is 0 Å². The van der Waals surface area contributed by atoms with E-state index in [4.69, 9.17) is 10.5 Å². The lowest BCUT2D eigenvalue weighted by Crippen LogP contribution is -2.58. The van der Waals surface area contributed by atoms with Crippen LogP contribution in [0.1, 0.15) is 32.8 Å². The molecular weight excluding hydrogens is 243 g/mol. The maximum Gasteiger partial charge on any atom is 0.128 e. The maximum atomic E-state index is 13.4. The minimum absolute atomic E-state index is 0.0603. The Balaban J connectivity index is 2.09. The Morgan fingerprint density at radius 1 is 1.47 bits per heavy atom. The van der Waals surface area contributed by atoms with Gasteiger partial charge in [-0.3, -0.25) is 0 Å². The SMILES string of the molecule is CCOC1CC(Nc2cc(C)c(F)cc2N)C1(C)C. The third kappa shape index (κ3) is 2.54. The molecule has 0 spiro atoms. The molecule has 0 radical (unpaired) electrons. The van der Waals surface area contributed by atoms with Gasteiger partial charge < -0.3 is 15.8 Å². The Labute approximate surface area is 114 Å². The first-order valence-corrected chi connectivity index (χ1v) is 6.80. The molecule has 1 saturated carbocycles. The van der Waals surface area contributed by atoms with Gasteiger partial charge in [0, 0.05) is 18.1 Å². The number of nitrogen functional groups attached to an aromatic ring is 1. The Bertz CT molecular complexity index is 473. The summed E-state index contributed by atoms with van der Waals surface area (Å²) < 4.78 is 19.1. The first-order chi connectivity index (χ1) is 8.86.